The highest BCUT2D eigenvalue weighted by atomic mass is 32.2. The van der Waals surface area contributed by atoms with Crippen LogP contribution in [-0.2, 0) is 4.74 Å². The standard InChI is InChI=1S/C21H18N2O3S/c1-2-3-11-26-21(25)19-20(24)17-12-15(27-14-7-5-4-6-8-14)9-10-16(17)18(13-22)23-19/h4-10,12,24H,2-3,11H2,1H3. The maximum atomic E-state index is 12.3. The van der Waals surface area contributed by atoms with Gasteiger partial charge in [0.05, 0.1) is 6.61 Å². The number of esters is 1. The summed E-state index contributed by atoms with van der Waals surface area (Å²) in [6.45, 7) is 2.24. The quantitative estimate of drug-likeness (QED) is 0.484. The van der Waals surface area contributed by atoms with Gasteiger partial charge in [-0.1, -0.05) is 49.4 Å². The van der Waals surface area contributed by atoms with Crippen LogP contribution >= 0.6 is 11.8 Å². The summed E-state index contributed by atoms with van der Waals surface area (Å²) < 4.78 is 5.15. The molecule has 3 aromatic rings. The predicted molar refractivity (Wildman–Crippen MR) is 104 cm³/mol. The molecule has 1 N–H and O–H groups in total. The zero-order chi connectivity index (χ0) is 19.2. The summed E-state index contributed by atoms with van der Waals surface area (Å²) in [6, 6.07) is 17.2. The number of pyridine rings is 1. The molecule has 0 aliphatic heterocycles. The summed E-state index contributed by atoms with van der Waals surface area (Å²) in [5.74, 6) is -0.985. The van der Waals surface area contributed by atoms with E-state index in [4.69, 9.17) is 4.74 Å². The van der Waals surface area contributed by atoms with Crippen molar-refractivity contribution in [2.45, 2.75) is 29.6 Å². The van der Waals surface area contributed by atoms with Crippen LogP contribution < -0.4 is 0 Å². The van der Waals surface area contributed by atoms with E-state index in [0.29, 0.717) is 10.8 Å². The molecule has 3 rings (SSSR count). The van der Waals surface area contributed by atoms with Gasteiger partial charge in [0.1, 0.15) is 11.8 Å². The van der Waals surface area contributed by atoms with Crippen LogP contribution in [0.25, 0.3) is 10.8 Å². The lowest BCUT2D eigenvalue weighted by Crippen LogP contribution is -2.10. The van der Waals surface area contributed by atoms with Crippen molar-refractivity contribution >= 4 is 28.5 Å². The van der Waals surface area contributed by atoms with Crippen LogP contribution in [0, 0.1) is 11.3 Å². The number of nitrogens with zero attached hydrogens (tertiary/aromatic N) is 2. The Bertz CT molecular complexity index is 1010. The summed E-state index contributed by atoms with van der Waals surface area (Å²) in [5, 5.41) is 20.9. The molecule has 0 atom stereocenters. The second kappa shape index (κ2) is 8.56. The number of carbonyl (C=O) groups is 1. The van der Waals surface area contributed by atoms with Crippen molar-refractivity contribution in [3.05, 3.63) is 59.9 Å². The summed E-state index contributed by atoms with van der Waals surface area (Å²) in [6.07, 6.45) is 1.61. The monoisotopic (exact) mass is 378 g/mol. The third-order valence-corrected chi connectivity index (χ3v) is 4.96. The SMILES string of the molecule is CCCCOC(=O)c1nc(C#N)c2ccc(Sc3ccccc3)cc2c1O. The molecule has 1 heterocycles. The van der Waals surface area contributed by atoms with E-state index >= 15 is 0 Å². The fourth-order valence-corrected chi connectivity index (χ4v) is 3.45. The first-order valence-electron chi connectivity index (χ1n) is 8.61. The minimum absolute atomic E-state index is 0.0847. The number of fused-ring (bicyclic) bond motifs is 1. The van der Waals surface area contributed by atoms with Crippen LogP contribution in [0.2, 0.25) is 0 Å². The Morgan fingerprint density at radius 2 is 1.96 bits per heavy atom. The molecule has 136 valence electrons. The molecule has 6 heteroatoms. The van der Waals surface area contributed by atoms with Crippen LogP contribution in [0.4, 0.5) is 0 Å². The van der Waals surface area contributed by atoms with Crippen LogP contribution in [0.5, 0.6) is 5.75 Å². The molecule has 0 saturated heterocycles. The lowest BCUT2D eigenvalue weighted by atomic mass is 10.1. The molecule has 0 bridgehead atoms. The number of benzene rings is 2. The van der Waals surface area contributed by atoms with Gasteiger partial charge >= 0.3 is 5.97 Å². The first kappa shape index (κ1) is 18.7. The Kier molecular flexibility index (Phi) is 5.94. The molecule has 0 saturated carbocycles. The third kappa shape index (κ3) is 4.21. The smallest absolute Gasteiger partial charge is 0.360 e. The number of aromatic nitrogens is 1. The topological polar surface area (TPSA) is 83.2 Å². The van der Waals surface area contributed by atoms with E-state index in [9.17, 15) is 15.2 Å². The molecule has 0 unspecified atom stereocenters. The van der Waals surface area contributed by atoms with E-state index in [1.165, 1.54) is 11.8 Å². The van der Waals surface area contributed by atoms with E-state index in [1.807, 2.05) is 49.4 Å². The van der Waals surface area contributed by atoms with Crippen LogP contribution in [0.15, 0.2) is 58.3 Å². The first-order chi connectivity index (χ1) is 13.1. The molecular weight excluding hydrogens is 360 g/mol. The molecule has 1 aromatic heterocycles. The molecule has 0 spiro atoms. The maximum absolute atomic E-state index is 12.3. The second-order valence-corrected chi connectivity index (χ2v) is 7.03. The average molecular weight is 378 g/mol. The van der Waals surface area contributed by atoms with Crippen molar-refractivity contribution in [1.29, 1.82) is 5.26 Å². The summed E-state index contributed by atoms with van der Waals surface area (Å²) in [7, 11) is 0. The van der Waals surface area contributed by atoms with Gasteiger partial charge in [-0.15, -0.1) is 0 Å². The Morgan fingerprint density at radius 1 is 1.19 bits per heavy atom. The largest absolute Gasteiger partial charge is 0.505 e. The number of aromatic hydroxyl groups is 1. The highest BCUT2D eigenvalue weighted by molar-refractivity contribution is 7.99. The zero-order valence-corrected chi connectivity index (χ0v) is 15.6. The van der Waals surface area contributed by atoms with Gasteiger partial charge < -0.3 is 9.84 Å². The molecule has 5 nitrogen and oxygen atoms in total. The number of hydrogen-bond donors (Lipinski definition) is 1. The van der Waals surface area contributed by atoms with Gasteiger partial charge in [-0.2, -0.15) is 5.26 Å². The van der Waals surface area contributed by atoms with Gasteiger partial charge in [0.15, 0.2) is 11.4 Å². The minimum Gasteiger partial charge on any atom is -0.505 e. The van der Waals surface area contributed by atoms with Gasteiger partial charge in [0.2, 0.25) is 0 Å². The predicted octanol–water partition coefficient (Wildman–Crippen LogP) is 4.92. The number of carbonyl (C=O) groups excluding carboxylic acids is 1. The number of unbranched alkanes of at least 4 members (excludes halogenated alkanes) is 1. The Morgan fingerprint density at radius 3 is 2.67 bits per heavy atom. The number of ether oxygens (including phenoxy) is 1. The zero-order valence-electron chi connectivity index (χ0n) is 14.8. The highest BCUT2D eigenvalue weighted by Crippen LogP contribution is 2.35. The van der Waals surface area contributed by atoms with E-state index in [1.54, 1.807) is 12.1 Å². The van der Waals surface area contributed by atoms with Crippen molar-refractivity contribution in [2.75, 3.05) is 6.61 Å². The summed E-state index contributed by atoms with van der Waals surface area (Å²) in [4.78, 5) is 18.2. The fourth-order valence-electron chi connectivity index (χ4n) is 2.57. The van der Waals surface area contributed by atoms with E-state index in [-0.39, 0.29) is 23.7 Å². The minimum atomic E-state index is -0.722. The van der Waals surface area contributed by atoms with Gasteiger partial charge in [-0.05, 0) is 30.7 Å². The van der Waals surface area contributed by atoms with E-state index < -0.39 is 5.97 Å². The number of nitriles is 1. The second-order valence-electron chi connectivity index (χ2n) is 5.88. The van der Waals surface area contributed by atoms with E-state index in [2.05, 4.69) is 4.98 Å². The van der Waals surface area contributed by atoms with Crippen molar-refractivity contribution in [3.63, 3.8) is 0 Å². The number of rotatable bonds is 6. The normalized spacial score (nSPS) is 10.5. The van der Waals surface area contributed by atoms with Crippen LogP contribution in [-0.4, -0.2) is 22.7 Å². The lowest BCUT2D eigenvalue weighted by molar-refractivity contribution is 0.0489. The molecule has 0 aliphatic carbocycles. The van der Waals surface area contributed by atoms with Gasteiger partial charge in [-0.3, -0.25) is 0 Å². The molecular formula is C21H18N2O3S. The van der Waals surface area contributed by atoms with Crippen molar-refractivity contribution in [1.82, 2.24) is 4.98 Å². The molecule has 27 heavy (non-hydrogen) atoms. The van der Waals surface area contributed by atoms with Crippen molar-refractivity contribution in [3.8, 4) is 11.8 Å². The van der Waals surface area contributed by atoms with Crippen molar-refractivity contribution in [2.24, 2.45) is 0 Å². The Balaban J connectivity index is 2.02. The molecule has 0 radical (unpaired) electrons. The highest BCUT2D eigenvalue weighted by Gasteiger charge is 2.20. The fraction of sp³-hybridized carbons (Fsp3) is 0.190. The maximum Gasteiger partial charge on any atom is 0.360 e. The molecule has 0 amide bonds. The molecule has 0 aliphatic rings. The van der Waals surface area contributed by atoms with Gasteiger partial charge in [0.25, 0.3) is 0 Å². The summed E-state index contributed by atoms with van der Waals surface area (Å²) >= 11 is 1.53. The van der Waals surface area contributed by atoms with Gasteiger partial charge in [-0.25, -0.2) is 9.78 Å². The van der Waals surface area contributed by atoms with Gasteiger partial charge in [0, 0.05) is 20.6 Å². The van der Waals surface area contributed by atoms with Crippen LogP contribution in [0.3, 0.4) is 0 Å². The number of hydrogen-bond acceptors (Lipinski definition) is 6. The van der Waals surface area contributed by atoms with E-state index in [0.717, 1.165) is 22.6 Å². The summed E-state index contributed by atoms with van der Waals surface area (Å²) in [5.41, 5.74) is -0.140. The third-order valence-electron chi connectivity index (χ3n) is 3.96. The van der Waals surface area contributed by atoms with Crippen molar-refractivity contribution < 1.29 is 14.6 Å². The Hall–Kier alpha value is -3.04. The first-order valence-corrected chi connectivity index (χ1v) is 9.42. The Labute approximate surface area is 161 Å². The molecule has 2 aromatic carbocycles. The average Bonchev–Trinajstić information content (AvgIpc) is 2.69. The molecule has 0 fully saturated rings. The van der Waals surface area contributed by atoms with Crippen LogP contribution in [0.1, 0.15) is 35.9 Å². The lowest BCUT2D eigenvalue weighted by Gasteiger charge is -2.10.